The molecule has 3 rings (SSSR count). The molecule has 0 bridgehead atoms. The third-order valence-corrected chi connectivity index (χ3v) is 7.88. The summed E-state index contributed by atoms with van der Waals surface area (Å²) in [5, 5.41) is 10.3. The Kier molecular flexibility index (Phi) is 4.58. The molecule has 2 aliphatic rings. The van der Waals surface area contributed by atoms with E-state index in [9.17, 15) is 5.26 Å². The van der Waals surface area contributed by atoms with Crippen LogP contribution in [0.15, 0.2) is 39.3 Å². The Hall–Kier alpha value is -0.570. The van der Waals surface area contributed by atoms with Crippen LogP contribution in [0, 0.1) is 11.3 Å². The van der Waals surface area contributed by atoms with Crippen LogP contribution >= 0.6 is 39.5 Å². The maximum Gasteiger partial charge on any atom is 0.0990 e. The number of halogens is 1. The van der Waals surface area contributed by atoms with Crippen LogP contribution in [0.1, 0.15) is 42.9 Å². The highest BCUT2D eigenvalue weighted by Gasteiger charge is 2.42. The van der Waals surface area contributed by atoms with Crippen LogP contribution in [-0.2, 0) is 0 Å². The Morgan fingerprint density at radius 3 is 2.71 bits per heavy atom. The number of rotatable bonds is 1. The Balaban J connectivity index is 2.00. The molecule has 5 heteroatoms. The summed E-state index contributed by atoms with van der Waals surface area (Å²) >= 11 is 7.19. The van der Waals surface area contributed by atoms with Gasteiger partial charge in [0.15, 0.2) is 0 Å². The van der Waals surface area contributed by atoms with Crippen LogP contribution < -0.4 is 5.73 Å². The van der Waals surface area contributed by atoms with Crippen molar-refractivity contribution >= 4 is 39.5 Å². The minimum Gasteiger partial charge on any atom is -0.393 e. The van der Waals surface area contributed by atoms with Crippen LogP contribution in [0.4, 0.5) is 0 Å². The highest BCUT2D eigenvalue weighted by molar-refractivity contribution is 9.10. The highest BCUT2D eigenvalue weighted by Crippen LogP contribution is 2.61. The summed E-state index contributed by atoms with van der Waals surface area (Å²) < 4.78 is 1.21. The predicted octanol–water partition coefficient (Wildman–Crippen LogP) is 5.32. The predicted molar refractivity (Wildman–Crippen MR) is 94.7 cm³/mol. The molecule has 0 radical (unpaired) electrons. The number of nitriles is 1. The van der Waals surface area contributed by atoms with Crippen molar-refractivity contribution in [2.24, 2.45) is 5.73 Å². The molecule has 2 N–H and O–H groups in total. The van der Waals surface area contributed by atoms with Crippen LogP contribution in [0.25, 0.3) is 0 Å². The Morgan fingerprint density at radius 1 is 1.29 bits per heavy atom. The third kappa shape index (κ3) is 3.13. The van der Waals surface area contributed by atoms with Crippen LogP contribution in [0.2, 0.25) is 0 Å². The van der Waals surface area contributed by atoms with E-state index in [4.69, 9.17) is 5.73 Å². The SMILES string of the molecule is N#CC1=C(N)SC2(CCCCC2)S[C@@H]1c1cccc(Br)c1. The van der Waals surface area contributed by atoms with Crippen molar-refractivity contribution in [3.05, 3.63) is 44.9 Å². The lowest BCUT2D eigenvalue weighted by Gasteiger charge is -2.42. The topological polar surface area (TPSA) is 49.8 Å². The fraction of sp³-hybridized carbons (Fsp3) is 0.438. The summed E-state index contributed by atoms with van der Waals surface area (Å²) in [6.45, 7) is 0. The minimum absolute atomic E-state index is 0.0619. The molecule has 1 spiro atoms. The Labute approximate surface area is 142 Å². The van der Waals surface area contributed by atoms with Gasteiger partial charge in [0.2, 0.25) is 0 Å². The fourth-order valence-electron chi connectivity index (χ4n) is 3.01. The molecular formula is C16H17BrN2S2. The van der Waals surface area contributed by atoms with Crippen LogP contribution in [0.3, 0.4) is 0 Å². The molecule has 1 atom stereocenters. The zero-order valence-corrected chi connectivity index (χ0v) is 14.9. The Bertz CT molecular complexity index is 615. The average molecular weight is 381 g/mol. The van der Waals surface area contributed by atoms with Crippen molar-refractivity contribution in [1.29, 1.82) is 5.26 Å². The summed E-state index contributed by atoms with van der Waals surface area (Å²) in [6, 6.07) is 10.6. The third-order valence-electron chi connectivity index (χ3n) is 4.04. The second-order valence-corrected chi connectivity index (χ2v) is 9.60. The van der Waals surface area contributed by atoms with Gasteiger partial charge < -0.3 is 5.73 Å². The average Bonchev–Trinajstić information content (AvgIpc) is 2.47. The minimum atomic E-state index is 0.0619. The van der Waals surface area contributed by atoms with E-state index in [0.29, 0.717) is 0 Å². The molecule has 1 aliphatic carbocycles. The monoisotopic (exact) mass is 380 g/mol. The molecule has 1 fully saturated rings. The molecule has 0 aromatic heterocycles. The molecule has 2 nitrogen and oxygen atoms in total. The molecule has 1 saturated carbocycles. The van der Waals surface area contributed by atoms with Gasteiger partial charge in [-0.05, 0) is 30.5 Å². The zero-order chi connectivity index (χ0) is 14.9. The largest absolute Gasteiger partial charge is 0.393 e. The molecule has 0 amide bonds. The van der Waals surface area contributed by atoms with E-state index in [1.54, 1.807) is 11.8 Å². The fourth-order valence-corrected chi connectivity index (χ4v) is 6.95. The van der Waals surface area contributed by atoms with E-state index in [1.807, 2.05) is 23.9 Å². The van der Waals surface area contributed by atoms with Crippen molar-refractivity contribution in [2.75, 3.05) is 0 Å². The van der Waals surface area contributed by atoms with Crippen molar-refractivity contribution in [2.45, 2.75) is 41.4 Å². The molecular weight excluding hydrogens is 364 g/mol. The van der Waals surface area contributed by atoms with Gasteiger partial charge in [0.25, 0.3) is 0 Å². The van der Waals surface area contributed by atoms with Crippen molar-refractivity contribution in [3.63, 3.8) is 0 Å². The van der Waals surface area contributed by atoms with Crippen molar-refractivity contribution in [1.82, 2.24) is 0 Å². The summed E-state index contributed by atoms with van der Waals surface area (Å²) in [5.41, 5.74) is 8.14. The van der Waals surface area contributed by atoms with Gasteiger partial charge in [0.1, 0.15) is 0 Å². The van der Waals surface area contributed by atoms with E-state index in [0.717, 1.165) is 15.1 Å². The van der Waals surface area contributed by atoms with E-state index in [1.165, 1.54) is 37.7 Å². The first-order valence-electron chi connectivity index (χ1n) is 7.16. The first-order chi connectivity index (χ1) is 10.1. The summed E-state index contributed by atoms with van der Waals surface area (Å²) in [6.07, 6.45) is 6.22. The quantitative estimate of drug-likeness (QED) is 0.715. The van der Waals surface area contributed by atoms with Gasteiger partial charge >= 0.3 is 0 Å². The lowest BCUT2D eigenvalue weighted by molar-refractivity contribution is 0.489. The highest BCUT2D eigenvalue weighted by atomic mass is 79.9. The normalized spacial score (nSPS) is 24.9. The van der Waals surface area contributed by atoms with Gasteiger partial charge in [-0.1, -0.05) is 59.1 Å². The summed E-state index contributed by atoms with van der Waals surface area (Å²) in [5.74, 6) is 0. The van der Waals surface area contributed by atoms with E-state index >= 15 is 0 Å². The number of hydrogen-bond acceptors (Lipinski definition) is 4. The smallest absolute Gasteiger partial charge is 0.0990 e. The maximum atomic E-state index is 9.52. The van der Waals surface area contributed by atoms with E-state index in [2.05, 4.69) is 34.1 Å². The number of thioether (sulfide) groups is 2. The molecule has 110 valence electrons. The molecule has 21 heavy (non-hydrogen) atoms. The molecule has 0 unspecified atom stereocenters. The lowest BCUT2D eigenvalue weighted by atomic mass is 9.99. The molecule has 1 aliphatic heterocycles. The molecule has 0 saturated heterocycles. The first-order valence-corrected chi connectivity index (χ1v) is 9.64. The molecule has 1 aromatic rings. The van der Waals surface area contributed by atoms with Crippen LogP contribution in [0.5, 0.6) is 0 Å². The van der Waals surface area contributed by atoms with E-state index < -0.39 is 0 Å². The van der Waals surface area contributed by atoms with Crippen molar-refractivity contribution < 1.29 is 0 Å². The summed E-state index contributed by atoms with van der Waals surface area (Å²) in [7, 11) is 0. The first kappa shape index (κ1) is 15.3. The second kappa shape index (κ2) is 6.28. The van der Waals surface area contributed by atoms with Gasteiger partial charge in [-0.25, -0.2) is 0 Å². The number of nitrogens with two attached hydrogens (primary N) is 1. The standard InChI is InChI=1S/C16H17BrN2S2/c17-12-6-4-5-11(9-12)14-13(10-18)15(19)21-16(20-14)7-2-1-3-8-16/h4-6,9,14H,1-3,7-8,19H2/t14-/m1/s1. The van der Waals surface area contributed by atoms with Crippen LogP contribution in [-0.4, -0.2) is 4.08 Å². The number of benzene rings is 1. The van der Waals surface area contributed by atoms with Gasteiger partial charge in [0.05, 0.1) is 26.0 Å². The van der Waals surface area contributed by atoms with Crippen molar-refractivity contribution in [3.8, 4) is 6.07 Å². The van der Waals surface area contributed by atoms with Gasteiger partial charge in [-0.3, -0.25) is 0 Å². The van der Waals surface area contributed by atoms with Gasteiger partial charge in [-0.15, -0.1) is 11.8 Å². The second-order valence-electron chi connectivity index (χ2n) is 5.52. The maximum absolute atomic E-state index is 9.52. The molecule has 1 aromatic carbocycles. The zero-order valence-electron chi connectivity index (χ0n) is 11.6. The number of nitrogens with zero attached hydrogens (tertiary/aromatic N) is 1. The van der Waals surface area contributed by atoms with Gasteiger partial charge in [0, 0.05) is 4.47 Å². The summed E-state index contributed by atoms with van der Waals surface area (Å²) in [4.78, 5) is 0. The lowest BCUT2D eigenvalue weighted by Crippen LogP contribution is -2.30. The molecule has 1 heterocycles. The number of hydrogen-bond donors (Lipinski definition) is 1. The van der Waals surface area contributed by atoms with E-state index in [-0.39, 0.29) is 9.33 Å². The van der Waals surface area contributed by atoms with Gasteiger partial charge in [-0.2, -0.15) is 5.26 Å². The Morgan fingerprint density at radius 2 is 2.05 bits per heavy atom.